The largest absolute Gasteiger partial charge is 0.489 e. The number of furan rings is 1. The number of para-hydroxylation sites is 1. The molecule has 0 saturated carbocycles. The summed E-state index contributed by atoms with van der Waals surface area (Å²) >= 11 is 0. The Kier molecular flexibility index (Phi) is 5.55. The number of hydrogen-bond acceptors (Lipinski definition) is 4. The minimum absolute atomic E-state index is 0.153. The Morgan fingerprint density at radius 2 is 2.12 bits per heavy atom. The van der Waals surface area contributed by atoms with Crippen molar-refractivity contribution in [2.24, 2.45) is 0 Å². The van der Waals surface area contributed by atoms with E-state index in [2.05, 4.69) is 0 Å². The van der Waals surface area contributed by atoms with Crippen LogP contribution in [0.15, 0.2) is 47.1 Å². The standard InChI is InChI=1S/C19H21FN2O4/c1-21(11-13-26-16-8-3-2-6-14(16)20)18(23)15-7-4-10-22(15)19(24)17-9-5-12-25-17/h2-3,5-6,8-9,12,15H,4,7,10-11,13H2,1H3. The predicted molar refractivity (Wildman–Crippen MR) is 92.3 cm³/mol. The van der Waals surface area contributed by atoms with Gasteiger partial charge in [-0.1, -0.05) is 12.1 Å². The Balaban J connectivity index is 1.55. The van der Waals surface area contributed by atoms with E-state index in [1.54, 1.807) is 36.2 Å². The third-order valence-electron chi connectivity index (χ3n) is 4.43. The second kappa shape index (κ2) is 8.03. The van der Waals surface area contributed by atoms with E-state index in [1.165, 1.54) is 23.3 Å². The molecule has 3 rings (SSSR count). The zero-order chi connectivity index (χ0) is 18.5. The number of hydrogen-bond donors (Lipinski definition) is 0. The molecule has 1 aromatic carbocycles. The normalized spacial score (nSPS) is 16.5. The summed E-state index contributed by atoms with van der Waals surface area (Å²) in [7, 11) is 1.65. The second-order valence-electron chi connectivity index (χ2n) is 6.17. The molecule has 0 bridgehead atoms. The molecule has 7 heteroatoms. The fraction of sp³-hybridized carbons (Fsp3) is 0.368. The molecule has 2 aromatic rings. The maximum Gasteiger partial charge on any atom is 0.290 e. The summed E-state index contributed by atoms with van der Waals surface area (Å²) in [4.78, 5) is 28.3. The monoisotopic (exact) mass is 360 g/mol. The molecule has 1 unspecified atom stereocenters. The van der Waals surface area contributed by atoms with Crippen molar-refractivity contribution in [3.8, 4) is 5.75 Å². The summed E-state index contributed by atoms with van der Waals surface area (Å²) in [5, 5.41) is 0. The van der Waals surface area contributed by atoms with Crippen LogP contribution in [0.25, 0.3) is 0 Å². The maximum absolute atomic E-state index is 13.5. The fourth-order valence-electron chi connectivity index (χ4n) is 3.03. The summed E-state index contributed by atoms with van der Waals surface area (Å²) in [5.74, 6) is -0.479. The van der Waals surface area contributed by atoms with Gasteiger partial charge in [0.25, 0.3) is 5.91 Å². The van der Waals surface area contributed by atoms with Crippen LogP contribution in [0, 0.1) is 5.82 Å². The lowest BCUT2D eigenvalue weighted by Crippen LogP contribution is -2.47. The van der Waals surface area contributed by atoms with Gasteiger partial charge in [0.05, 0.1) is 12.8 Å². The Morgan fingerprint density at radius 1 is 1.31 bits per heavy atom. The van der Waals surface area contributed by atoms with Crippen molar-refractivity contribution in [2.45, 2.75) is 18.9 Å². The first-order chi connectivity index (χ1) is 12.6. The predicted octanol–water partition coefficient (Wildman–Crippen LogP) is 2.56. The average molecular weight is 360 g/mol. The smallest absolute Gasteiger partial charge is 0.290 e. The van der Waals surface area contributed by atoms with Gasteiger partial charge in [0, 0.05) is 13.6 Å². The number of benzene rings is 1. The van der Waals surface area contributed by atoms with Crippen molar-refractivity contribution in [3.05, 3.63) is 54.2 Å². The molecule has 2 amide bonds. The first-order valence-electron chi connectivity index (χ1n) is 8.54. The Hall–Kier alpha value is -2.83. The lowest BCUT2D eigenvalue weighted by Gasteiger charge is -2.27. The highest BCUT2D eigenvalue weighted by atomic mass is 19.1. The van der Waals surface area contributed by atoms with Gasteiger partial charge in [-0.15, -0.1) is 0 Å². The minimum atomic E-state index is -0.508. The van der Waals surface area contributed by atoms with E-state index in [0.717, 1.165) is 6.42 Å². The summed E-state index contributed by atoms with van der Waals surface area (Å²) in [6, 6.07) is 8.86. The van der Waals surface area contributed by atoms with Crippen molar-refractivity contribution in [2.75, 3.05) is 26.7 Å². The summed E-state index contributed by atoms with van der Waals surface area (Å²) < 4.78 is 24.1. The van der Waals surface area contributed by atoms with Crippen LogP contribution >= 0.6 is 0 Å². The molecular weight excluding hydrogens is 339 g/mol. The first kappa shape index (κ1) is 18.0. The van der Waals surface area contributed by atoms with Crippen LogP contribution in [0.1, 0.15) is 23.4 Å². The number of amides is 2. The molecular formula is C19H21FN2O4. The van der Waals surface area contributed by atoms with Crippen LogP contribution in [-0.4, -0.2) is 54.4 Å². The molecule has 1 saturated heterocycles. The van der Waals surface area contributed by atoms with Gasteiger partial charge in [0.2, 0.25) is 5.91 Å². The van der Waals surface area contributed by atoms with E-state index < -0.39 is 11.9 Å². The first-order valence-corrected chi connectivity index (χ1v) is 8.54. The Morgan fingerprint density at radius 3 is 2.85 bits per heavy atom. The van der Waals surface area contributed by atoms with Crippen LogP contribution in [-0.2, 0) is 4.79 Å². The third-order valence-corrected chi connectivity index (χ3v) is 4.43. The molecule has 138 valence electrons. The van der Waals surface area contributed by atoms with Crippen LogP contribution in [0.3, 0.4) is 0 Å². The summed E-state index contributed by atoms with van der Waals surface area (Å²) in [6.45, 7) is 0.990. The van der Waals surface area contributed by atoms with Gasteiger partial charge in [0.1, 0.15) is 12.6 Å². The van der Waals surface area contributed by atoms with E-state index in [9.17, 15) is 14.0 Å². The summed E-state index contributed by atoms with van der Waals surface area (Å²) in [5.41, 5.74) is 0. The molecule has 1 atom stereocenters. The van der Waals surface area contributed by atoms with E-state index in [1.807, 2.05) is 0 Å². The van der Waals surface area contributed by atoms with Crippen molar-refractivity contribution in [1.82, 2.24) is 9.80 Å². The number of halogens is 1. The number of carbonyl (C=O) groups is 2. The number of likely N-dealkylation sites (tertiary alicyclic amines) is 1. The maximum atomic E-state index is 13.5. The van der Waals surface area contributed by atoms with E-state index in [0.29, 0.717) is 19.5 Å². The SMILES string of the molecule is CN(CCOc1ccccc1F)C(=O)C1CCCN1C(=O)c1ccco1. The van der Waals surface area contributed by atoms with Crippen LogP contribution < -0.4 is 4.74 Å². The molecule has 26 heavy (non-hydrogen) atoms. The van der Waals surface area contributed by atoms with E-state index in [-0.39, 0.29) is 29.9 Å². The van der Waals surface area contributed by atoms with Gasteiger partial charge in [-0.3, -0.25) is 9.59 Å². The Bertz CT molecular complexity index is 763. The van der Waals surface area contributed by atoms with E-state index >= 15 is 0 Å². The van der Waals surface area contributed by atoms with Crippen LogP contribution in [0.2, 0.25) is 0 Å². The highest BCUT2D eigenvalue weighted by Gasteiger charge is 2.36. The van der Waals surface area contributed by atoms with Gasteiger partial charge in [-0.05, 0) is 37.1 Å². The van der Waals surface area contributed by atoms with Gasteiger partial charge in [-0.25, -0.2) is 4.39 Å². The quantitative estimate of drug-likeness (QED) is 0.794. The van der Waals surface area contributed by atoms with Gasteiger partial charge in [0.15, 0.2) is 17.3 Å². The van der Waals surface area contributed by atoms with Crippen molar-refractivity contribution < 1.29 is 23.1 Å². The number of likely N-dealkylation sites (N-methyl/N-ethyl adjacent to an activating group) is 1. The fourth-order valence-corrected chi connectivity index (χ4v) is 3.03. The van der Waals surface area contributed by atoms with Crippen molar-refractivity contribution >= 4 is 11.8 Å². The average Bonchev–Trinajstić information content (AvgIpc) is 3.34. The highest BCUT2D eigenvalue weighted by Crippen LogP contribution is 2.22. The summed E-state index contributed by atoms with van der Waals surface area (Å²) in [6.07, 6.45) is 2.82. The van der Waals surface area contributed by atoms with Crippen molar-refractivity contribution in [3.63, 3.8) is 0 Å². The van der Waals surface area contributed by atoms with Crippen LogP contribution in [0.5, 0.6) is 5.75 Å². The van der Waals surface area contributed by atoms with E-state index in [4.69, 9.17) is 9.15 Å². The zero-order valence-electron chi connectivity index (χ0n) is 14.6. The molecule has 0 radical (unpaired) electrons. The second-order valence-corrected chi connectivity index (χ2v) is 6.17. The molecule has 1 aromatic heterocycles. The van der Waals surface area contributed by atoms with Crippen molar-refractivity contribution in [1.29, 1.82) is 0 Å². The molecule has 0 N–H and O–H groups in total. The molecule has 6 nitrogen and oxygen atoms in total. The van der Waals surface area contributed by atoms with Gasteiger partial charge < -0.3 is 19.0 Å². The number of rotatable bonds is 6. The molecule has 1 fully saturated rings. The third kappa shape index (κ3) is 3.87. The lowest BCUT2D eigenvalue weighted by atomic mass is 10.2. The topological polar surface area (TPSA) is 63.0 Å². The Labute approximate surface area is 151 Å². The van der Waals surface area contributed by atoms with Crippen LogP contribution in [0.4, 0.5) is 4.39 Å². The molecule has 1 aliphatic heterocycles. The lowest BCUT2D eigenvalue weighted by molar-refractivity contribution is -0.134. The minimum Gasteiger partial charge on any atom is -0.489 e. The number of nitrogens with zero attached hydrogens (tertiary/aromatic N) is 2. The van der Waals surface area contributed by atoms with Gasteiger partial charge in [-0.2, -0.15) is 0 Å². The highest BCUT2D eigenvalue weighted by molar-refractivity contribution is 5.95. The number of carbonyl (C=O) groups excluding carboxylic acids is 2. The molecule has 0 spiro atoms. The molecule has 1 aliphatic rings. The van der Waals surface area contributed by atoms with Gasteiger partial charge >= 0.3 is 0 Å². The number of ether oxygens (including phenoxy) is 1. The molecule has 0 aliphatic carbocycles. The molecule has 2 heterocycles. The zero-order valence-corrected chi connectivity index (χ0v) is 14.6.